The standard InChI is InChI=1S/C17H28N4O2S2/c1-20(25(2,22)23)16-9-6-8-15(14-16)19-17(24)18-10-7-13-21-11-4-3-5-12-21/h6,8-9,14H,3-5,7,10-13H2,1-2H3,(H2,18,19,24). The van der Waals surface area contributed by atoms with E-state index in [1.807, 2.05) is 6.07 Å². The third-order valence-electron chi connectivity index (χ3n) is 4.35. The molecule has 2 rings (SSSR count). The Morgan fingerprint density at radius 3 is 2.68 bits per heavy atom. The Labute approximate surface area is 156 Å². The van der Waals surface area contributed by atoms with Gasteiger partial charge in [-0.05, 0) is 69.3 Å². The van der Waals surface area contributed by atoms with Gasteiger partial charge in [-0.1, -0.05) is 12.5 Å². The molecule has 0 amide bonds. The van der Waals surface area contributed by atoms with E-state index in [9.17, 15) is 8.42 Å². The Hall–Kier alpha value is -1.38. The van der Waals surface area contributed by atoms with Gasteiger partial charge in [0.1, 0.15) is 0 Å². The van der Waals surface area contributed by atoms with Crippen molar-refractivity contribution in [2.45, 2.75) is 25.7 Å². The molecule has 0 saturated carbocycles. The van der Waals surface area contributed by atoms with Crippen LogP contribution < -0.4 is 14.9 Å². The van der Waals surface area contributed by atoms with Crippen LogP contribution >= 0.6 is 12.2 Å². The average molecular weight is 385 g/mol. The molecule has 6 nitrogen and oxygen atoms in total. The van der Waals surface area contributed by atoms with Crippen LogP contribution in [0.4, 0.5) is 11.4 Å². The van der Waals surface area contributed by atoms with E-state index < -0.39 is 10.0 Å². The van der Waals surface area contributed by atoms with Crippen LogP contribution in [0, 0.1) is 0 Å². The number of sulfonamides is 1. The molecule has 1 aliphatic rings. The fourth-order valence-corrected chi connectivity index (χ4v) is 3.55. The Kier molecular flexibility index (Phi) is 7.46. The highest BCUT2D eigenvalue weighted by Crippen LogP contribution is 2.20. The summed E-state index contributed by atoms with van der Waals surface area (Å²) in [5, 5.41) is 6.88. The van der Waals surface area contributed by atoms with Gasteiger partial charge in [0.05, 0.1) is 11.9 Å². The van der Waals surface area contributed by atoms with Crippen LogP contribution in [-0.2, 0) is 10.0 Å². The van der Waals surface area contributed by atoms with Gasteiger partial charge in [0, 0.05) is 19.3 Å². The molecule has 0 spiro atoms. The third kappa shape index (κ3) is 6.80. The SMILES string of the molecule is CN(c1cccc(NC(=S)NCCCN2CCCCC2)c1)S(C)(=O)=O. The maximum atomic E-state index is 11.6. The number of nitrogens with one attached hydrogen (secondary N) is 2. The van der Waals surface area contributed by atoms with Gasteiger partial charge >= 0.3 is 0 Å². The maximum absolute atomic E-state index is 11.6. The van der Waals surface area contributed by atoms with Gasteiger partial charge in [0.25, 0.3) is 0 Å². The van der Waals surface area contributed by atoms with E-state index >= 15 is 0 Å². The van der Waals surface area contributed by atoms with Crippen molar-refractivity contribution in [3.8, 4) is 0 Å². The molecule has 0 bridgehead atoms. The second kappa shape index (κ2) is 9.35. The second-order valence-electron chi connectivity index (χ2n) is 6.42. The number of piperidine rings is 1. The first-order valence-corrected chi connectivity index (χ1v) is 10.9. The van der Waals surface area contributed by atoms with Gasteiger partial charge in [0.2, 0.25) is 10.0 Å². The number of anilines is 2. The lowest BCUT2D eigenvalue weighted by Crippen LogP contribution is -2.34. The first kappa shape index (κ1) is 19.9. The van der Waals surface area contributed by atoms with E-state index in [-0.39, 0.29) is 0 Å². The van der Waals surface area contributed by atoms with E-state index in [2.05, 4.69) is 15.5 Å². The molecule has 25 heavy (non-hydrogen) atoms. The molecule has 1 saturated heterocycles. The number of likely N-dealkylation sites (tertiary alicyclic amines) is 1. The number of rotatable bonds is 7. The summed E-state index contributed by atoms with van der Waals surface area (Å²) in [5.41, 5.74) is 1.36. The van der Waals surface area contributed by atoms with E-state index in [1.165, 1.54) is 50.0 Å². The molecule has 140 valence electrons. The fourth-order valence-electron chi connectivity index (χ4n) is 2.83. The molecule has 0 atom stereocenters. The predicted molar refractivity (Wildman–Crippen MR) is 109 cm³/mol. The van der Waals surface area contributed by atoms with Crippen molar-refractivity contribution in [3.05, 3.63) is 24.3 Å². The smallest absolute Gasteiger partial charge is 0.231 e. The van der Waals surface area contributed by atoms with Crippen molar-refractivity contribution in [3.63, 3.8) is 0 Å². The highest BCUT2D eigenvalue weighted by Gasteiger charge is 2.12. The van der Waals surface area contributed by atoms with Gasteiger partial charge in [-0.3, -0.25) is 4.31 Å². The van der Waals surface area contributed by atoms with Gasteiger partial charge in [-0.15, -0.1) is 0 Å². The van der Waals surface area contributed by atoms with Gasteiger partial charge < -0.3 is 15.5 Å². The Morgan fingerprint density at radius 2 is 2.00 bits per heavy atom. The molecule has 1 aromatic rings. The van der Waals surface area contributed by atoms with Crippen molar-refractivity contribution in [2.24, 2.45) is 0 Å². The molecule has 1 fully saturated rings. The maximum Gasteiger partial charge on any atom is 0.231 e. The van der Waals surface area contributed by atoms with Crippen molar-refractivity contribution in [2.75, 3.05) is 49.1 Å². The van der Waals surface area contributed by atoms with Crippen molar-refractivity contribution in [1.29, 1.82) is 0 Å². The molecule has 2 N–H and O–H groups in total. The summed E-state index contributed by atoms with van der Waals surface area (Å²) in [7, 11) is -1.74. The first-order chi connectivity index (χ1) is 11.9. The lowest BCUT2D eigenvalue weighted by atomic mass is 10.1. The molecule has 1 aliphatic heterocycles. The lowest BCUT2D eigenvalue weighted by molar-refractivity contribution is 0.227. The Bertz CT molecular complexity index is 673. The minimum atomic E-state index is -3.28. The molecule has 0 aromatic heterocycles. The largest absolute Gasteiger partial charge is 0.362 e. The topological polar surface area (TPSA) is 64.7 Å². The Balaban J connectivity index is 1.76. The summed E-state index contributed by atoms with van der Waals surface area (Å²) in [4.78, 5) is 2.51. The monoisotopic (exact) mass is 384 g/mol. The highest BCUT2D eigenvalue weighted by atomic mass is 32.2. The summed E-state index contributed by atoms with van der Waals surface area (Å²) >= 11 is 5.32. The van der Waals surface area contributed by atoms with Gasteiger partial charge in [-0.2, -0.15) is 0 Å². The summed E-state index contributed by atoms with van der Waals surface area (Å²) in [6, 6.07) is 7.18. The van der Waals surface area contributed by atoms with Crippen LogP contribution in [0.3, 0.4) is 0 Å². The summed E-state index contributed by atoms with van der Waals surface area (Å²) in [6.45, 7) is 4.35. The lowest BCUT2D eigenvalue weighted by Gasteiger charge is -2.26. The summed E-state index contributed by atoms with van der Waals surface area (Å²) in [6.07, 6.45) is 6.22. The zero-order valence-corrected chi connectivity index (χ0v) is 16.6. The minimum absolute atomic E-state index is 0.554. The van der Waals surface area contributed by atoms with Crippen LogP contribution in [-0.4, -0.2) is 57.9 Å². The number of thiocarbonyl (C=S) groups is 1. The zero-order chi connectivity index (χ0) is 18.3. The Morgan fingerprint density at radius 1 is 1.28 bits per heavy atom. The van der Waals surface area contributed by atoms with Crippen LogP contribution in [0.5, 0.6) is 0 Å². The molecular formula is C17H28N4O2S2. The zero-order valence-electron chi connectivity index (χ0n) is 15.0. The van der Waals surface area contributed by atoms with Crippen molar-refractivity contribution in [1.82, 2.24) is 10.2 Å². The minimum Gasteiger partial charge on any atom is -0.362 e. The van der Waals surface area contributed by atoms with Crippen LogP contribution in [0.1, 0.15) is 25.7 Å². The fraction of sp³-hybridized carbons (Fsp3) is 0.588. The number of nitrogens with zero attached hydrogens (tertiary/aromatic N) is 2. The molecule has 0 radical (unpaired) electrons. The van der Waals surface area contributed by atoms with Gasteiger partial charge in [-0.25, -0.2) is 8.42 Å². The molecule has 0 aliphatic carbocycles. The molecule has 1 aromatic carbocycles. The first-order valence-electron chi connectivity index (χ1n) is 8.67. The van der Waals surface area contributed by atoms with Crippen LogP contribution in [0.2, 0.25) is 0 Å². The van der Waals surface area contributed by atoms with Crippen molar-refractivity contribution < 1.29 is 8.42 Å². The van der Waals surface area contributed by atoms with Crippen LogP contribution in [0.25, 0.3) is 0 Å². The predicted octanol–water partition coefficient (Wildman–Crippen LogP) is 2.24. The van der Waals surface area contributed by atoms with E-state index in [4.69, 9.17) is 12.2 Å². The quantitative estimate of drug-likeness (QED) is 0.555. The summed E-state index contributed by atoms with van der Waals surface area (Å²) in [5.74, 6) is 0. The van der Waals surface area contributed by atoms with E-state index in [0.717, 1.165) is 25.2 Å². The molecule has 1 heterocycles. The summed E-state index contributed by atoms with van der Waals surface area (Å²) < 4.78 is 24.5. The molecule has 0 unspecified atom stereocenters. The second-order valence-corrected chi connectivity index (χ2v) is 8.84. The third-order valence-corrected chi connectivity index (χ3v) is 5.80. The average Bonchev–Trinajstić information content (AvgIpc) is 2.58. The van der Waals surface area contributed by atoms with Crippen molar-refractivity contribution >= 4 is 38.7 Å². The molecule has 8 heteroatoms. The number of benzene rings is 1. The van der Waals surface area contributed by atoms with Crippen LogP contribution in [0.15, 0.2) is 24.3 Å². The highest BCUT2D eigenvalue weighted by molar-refractivity contribution is 7.92. The molecular weight excluding hydrogens is 356 g/mol. The number of hydrogen-bond donors (Lipinski definition) is 2. The van der Waals surface area contributed by atoms with Gasteiger partial charge in [0.15, 0.2) is 5.11 Å². The van der Waals surface area contributed by atoms with E-state index in [0.29, 0.717) is 10.8 Å². The normalized spacial score (nSPS) is 15.6. The van der Waals surface area contributed by atoms with E-state index in [1.54, 1.807) is 18.2 Å². The number of hydrogen-bond acceptors (Lipinski definition) is 4.